The SMILES string of the molecule is CCOC(=O)C(Cc1cccc(C)n1)C(=O)C1CCC(C2C=CC=CC2)CC1. The number of nitrogens with zero attached hydrogens (tertiary/aromatic N) is 1. The van der Waals surface area contributed by atoms with Crippen molar-refractivity contribution < 1.29 is 14.3 Å². The average molecular weight is 382 g/mol. The number of carbonyl (C=O) groups is 2. The lowest BCUT2D eigenvalue weighted by molar-refractivity contribution is -0.153. The van der Waals surface area contributed by atoms with E-state index in [2.05, 4.69) is 29.3 Å². The molecular formula is C24H31NO3. The summed E-state index contributed by atoms with van der Waals surface area (Å²) in [5.41, 5.74) is 1.67. The first-order chi connectivity index (χ1) is 13.6. The molecule has 2 atom stereocenters. The van der Waals surface area contributed by atoms with Gasteiger partial charge in [-0.15, -0.1) is 0 Å². The zero-order valence-corrected chi connectivity index (χ0v) is 17.0. The van der Waals surface area contributed by atoms with E-state index in [4.69, 9.17) is 4.74 Å². The minimum Gasteiger partial charge on any atom is -0.465 e. The first-order valence-corrected chi connectivity index (χ1v) is 10.5. The van der Waals surface area contributed by atoms with Crippen LogP contribution in [0.4, 0.5) is 0 Å². The smallest absolute Gasteiger partial charge is 0.316 e. The van der Waals surface area contributed by atoms with Crippen molar-refractivity contribution in [1.29, 1.82) is 0 Å². The molecule has 1 saturated carbocycles. The molecule has 150 valence electrons. The van der Waals surface area contributed by atoms with Crippen LogP contribution in [0.25, 0.3) is 0 Å². The van der Waals surface area contributed by atoms with E-state index in [9.17, 15) is 9.59 Å². The standard InChI is InChI=1S/C24H31NO3/c1-3-28-24(27)22(16-21-11-7-8-17(2)25-21)23(26)20-14-12-19(13-15-20)18-9-5-4-6-10-18/h4-9,11,18-20,22H,3,10,12-16H2,1-2H3. The van der Waals surface area contributed by atoms with Gasteiger partial charge in [-0.3, -0.25) is 14.6 Å². The summed E-state index contributed by atoms with van der Waals surface area (Å²) in [4.78, 5) is 30.3. The van der Waals surface area contributed by atoms with Crippen molar-refractivity contribution in [1.82, 2.24) is 4.98 Å². The van der Waals surface area contributed by atoms with Crippen LogP contribution < -0.4 is 0 Å². The number of carbonyl (C=O) groups excluding carboxylic acids is 2. The number of aryl methyl sites for hydroxylation is 1. The molecule has 0 bridgehead atoms. The number of allylic oxidation sites excluding steroid dienone is 4. The molecule has 2 aliphatic carbocycles. The van der Waals surface area contributed by atoms with Gasteiger partial charge in [0.1, 0.15) is 5.92 Å². The highest BCUT2D eigenvalue weighted by molar-refractivity contribution is 6.00. The quantitative estimate of drug-likeness (QED) is 0.511. The summed E-state index contributed by atoms with van der Waals surface area (Å²) < 4.78 is 5.23. The predicted octanol–water partition coefficient (Wildman–Crippen LogP) is 4.62. The Balaban J connectivity index is 1.64. The maximum Gasteiger partial charge on any atom is 0.316 e. The summed E-state index contributed by atoms with van der Waals surface area (Å²) in [5, 5.41) is 0. The van der Waals surface area contributed by atoms with Crippen molar-refractivity contribution in [2.45, 2.75) is 52.4 Å². The third kappa shape index (κ3) is 5.18. The van der Waals surface area contributed by atoms with Gasteiger partial charge in [0, 0.05) is 23.7 Å². The van der Waals surface area contributed by atoms with E-state index in [1.165, 1.54) is 0 Å². The van der Waals surface area contributed by atoms with Gasteiger partial charge in [-0.25, -0.2) is 0 Å². The van der Waals surface area contributed by atoms with Gasteiger partial charge in [0.2, 0.25) is 0 Å². The lowest BCUT2D eigenvalue weighted by Gasteiger charge is -2.33. The second-order valence-electron chi connectivity index (χ2n) is 8.01. The van der Waals surface area contributed by atoms with E-state index in [1.807, 2.05) is 25.1 Å². The normalized spacial score (nSPS) is 25.3. The Morgan fingerprint density at radius 2 is 1.96 bits per heavy atom. The van der Waals surface area contributed by atoms with E-state index in [1.54, 1.807) is 6.92 Å². The number of aromatic nitrogens is 1. The molecule has 2 aliphatic rings. The summed E-state index contributed by atoms with van der Waals surface area (Å²) in [7, 11) is 0. The van der Waals surface area contributed by atoms with Crippen LogP contribution in [0, 0.1) is 30.6 Å². The third-order valence-electron chi connectivity index (χ3n) is 6.07. The highest BCUT2D eigenvalue weighted by atomic mass is 16.5. The molecule has 0 N–H and O–H groups in total. The Kier molecular flexibility index (Phi) is 7.18. The second-order valence-corrected chi connectivity index (χ2v) is 8.01. The van der Waals surface area contributed by atoms with Crippen LogP contribution in [0.3, 0.4) is 0 Å². The van der Waals surface area contributed by atoms with Crippen LogP contribution in [0.15, 0.2) is 42.5 Å². The van der Waals surface area contributed by atoms with Crippen molar-refractivity contribution in [3.05, 3.63) is 53.9 Å². The number of hydrogen-bond acceptors (Lipinski definition) is 4. The molecule has 1 heterocycles. The highest BCUT2D eigenvalue weighted by Gasteiger charge is 2.37. The topological polar surface area (TPSA) is 56.3 Å². The zero-order valence-electron chi connectivity index (χ0n) is 17.0. The zero-order chi connectivity index (χ0) is 19.9. The Labute approximate surface area is 168 Å². The monoisotopic (exact) mass is 381 g/mol. The van der Waals surface area contributed by atoms with Crippen molar-refractivity contribution in [3.63, 3.8) is 0 Å². The van der Waals surface area contributed by atoms with Gasteiger partial charge in [0.15, 0.2) is 5.78 Å². The van der Waals surface area contributed by atoms with Crippen LogP contribution in [-0.4, -0.2) is 23.3 Å². The first kappa shape index (κ1) is 20.5. The van der Waals surface area contributed by atoms with Crippen molar-refractivity contribution >= 4 is 11.8 Å². The molecule has 1 aromatic heterocycles. The van der Waals surface area contributed by atoms with Gasteiger partial charge in [-0.05, 0) is 69.9 Å². The molecule has 0 aliphatic heterocycles. The van der Waals surface area contributed by atoms with Gasteiger partial charge in [0.25, 0.3) is 0 Å². The second kappa shape index (κ2) is 9.81. The number of ether oxygens (including phenoxy) is 1. The molecule has 0 amide bonds. The van der Waals surface area contributed by atoms with Crippen LogP contribution in [0.2, 0.25) is 0 Å². The summed E-state index contributed by atoms with van der Waals surface area (Å²) in [6, 6.07) is 5.72. The lowest BCUT2D eigenvalue weighted by Crippen LogP contribution is -2.35. The van der Waals surface area contributed by atoms with E-state index < -0.39 is 11.9 Å². The maximum absolute atomic E-state index is 13.2. The first-order valence-electron chi connectivity index (χ1n) is 10.5. The van der Waals surface area contributed by atoms with Gasteiger partial charge in [0.05, 0.1) is 6.61 Å². The Bertz CT molecular complexity index is 744. The average Bonchev–Trinajstić information content (AvgIpc) is 2.72. The molecule has 28 heavy (non-hydrogen) atoms. The molecule has 1 fully saturated rings. The van der Waals surface area contributed by atoms with Crippen LogP contribution in [-0.2, 0) is 20.7 Å². The summed E-state index contributed by atoms with van der Waals surface area (Å²) in [5.74, 6) is 0.0904. The molecule has 3 rings (SSSR count). The number of esters is 1. The minimum atomic E-state index is -0.742. The summed E-state index contributed by atoms with van der Waals surface area (Å²) in [6.07, 6.45) is 14.1. The molecular weight excluding hydrogens is 350 g/mol. The van der Waals surface area contributed by atoms with E-state index in [0.717, 1.165) is 43.5 Å². The molecule has 0 spiro atoms. The van der Waals surface area contributed by atoms with Crippen molar-refractivity contribution in [2.24, 2.45) is 23.7 Å². The highest BCUT2D eigenvalue weighted by Crippen LogP contribution is 2.38. The number of ketones is 1. The summed E-state index contributed by atoms with van der Waals surface area (Å²) in [6.45, 7) is 3.99. The van der Waals surface area contributed by atoms with Crippen molar-refractivity contribution in [3.8, 4) is 0 Å². The van der Waals surface area contributed by atoms with Gasteiger partial charge in [-0.1, -0.05) is 30.4 Å². The van der Waals surface area contributed by atoms with Crippen LogP contribution >= 0.6 is 0 Å². The Hall–Kier alpha value is -2.23. The number of Topliss-reactive ketones (excluding diaryl/α,β-unsaturated/α-hetero) is 1. The maximum atomic E-state index is 13.2. The van der Waals surface area contributed by atoms with Gasteiger partial charge >= 0.3 is 5.97 Å². The van der Waals surface area contributed by atoms with Crippen molar-refractivity contribution in [2.75, 3.05) is 6.61 Å². The number of hydrogen-bond donors (Lipinski definition) is 0. The fourth-order valence-corrected chi connectivity index (χ4v) is 4.53. The Morgan fingerprint density at radius 3 is 2.61 bits per heavy atom. The molecule has 0 saturated heterocycles. The summed E-state index contributed by atoms with van der Waals surface area (Å²) >= 11 is 0. The fraction of sp³-hybridized carbons (Fsp3) is 0.542. The number of rotatable bonds is 7. The van der Waals surface area contributed by atoms with Gasteiger partial charge in [-0.2, -0.15) is 0 Å². The third-order valence-corrected chi connectivity index (χ3v) is 6.07. The largest absolute Gasteiger partial charge is 0.465 e. The minimum absolute atomic E-state index is 0.0410. The van der Waals surface area contributed by atoms with E-state index in [0.29, 0.717) is 18.3 Å². The van der Waals surface area contributed by atoms with Crippen LogP contribution in [0.5, 0.6) is 0 Å². The molecule has 1 aromatic rings. The van der Waals surface area contributed by atoms with E-state index >= 15 is 0 Å². The predicted molar refractivity (Wildman–Crippen MR) is 110 cm³/mol. The lowest BCUT2D eigenvalue weighted by atomic mass is 9.71. The Morgan fingerprint density at radius 1 is 1.18 bits per heavy atom. The fourth-order valence-electron chi connectivity index (χ4n) is 4.53. The van der Waals surface area contributed by atoms with Crippen LogP contribution in [0.1, 0.15) is 50.4 Å². The number of pyridine rings is 1. The molecule has 2 unspecified atom stereocenters. The van der Waals surface area contributed by atoms with E-state index in [-0.39, 0.29) is 18.3 Å². The van der Waals surface area contributed by atoms with Gasteiger partial charge < -0.3 is 4.74 Å². The molecule has 4 heteroatoms. The molecule has 0 aromatic carbocycles. The molecule has 0 radical (unpaired) electrons. The molecule has 4 nitrogen and oxygen atoms in total.